The summed E-state index contributed by atoms with van der Waals surface area (Å²) in [5, 5.41) is 16.0. The third-order valence-electron chi connectivity index (χ3n) is 3.39. The van der Waals surface area contributed by atoms with Crippen LogP contribution in [0.5, 0.6) is 0 Å². The Labute approximate surface area is 134 Å². The van der Waals surface area contributed by atoms with Crippen molar-refractivity contribution >= 4 is 5.97 Å². The van der Waals surface area contributed by atoms with Crippen molar-refractivity contribution in [3.8, 4) is 16.8 Å². The predicted octanol–water partition coefficient (Wildman–Crippen LogP) is 3.65. The van der Waals surface area contributed by atoms with Crippen LogP contribution in [0.1, 0.15) is 16.1 Å². The number of carboxylic acids is 1. The molecule has 8 heteroatoms. The van der Waals surface area contributed by atoms with Crippen molar-refractivity contribution in [2.75, 3.05) is 0 Å². The fourth-order valence-corrected chi connectivity index (χ4v) is 2.26. The maximum absolute atomic E-state index is 13.1. The first kappa shape index (κ1) is 15.7. The lowest BCUT2D eigenvalue weighted by molar-refractivity contribution is -0.137. The first-order valence-corrected chi connectivity index (χ1v) is 6.79. The average molecular weight is 333 g/mol. The number of aromatic nitrogens is 3. The van der Waals surface area contributed by atoms with E-state index >= 15 is 0 Å². The quantitative estimate of drug-likeness (QED) is 0.794. The number of hydrogen-bond donors (Lipinski definition) is 1. The fourth-order valence-electron chi connectivity index (χ4n) is 2.26. The molecule has 2 aromatic carbocycles. The molecular formula is C16H10F3N3O2. The number of alkyl halides is 3. The standard InChI is InChI=1S/C16H10F3N3O2/c17-16(18,19)13-4-2-1-3-12(13)10-5-7-11(8-6-10)22-9-14(15(23)24)20-21-22/h1-9H,(H,23,24). The molecule has 1 heterocycles. The summed E-state index contributed by atoms with van der Waals surface area (Å²) in [6.07, 6.45) is -3.22. The number of rotatable bonds is 3. The molecule has 0 spiro atoms. The number of aromatic carboxylic acids is 1. The summed E-state index contributed by atoms with van der Waals surface area (Å²) >= 11 is 0. The SMILES string of the molecule is O=C(O)c1cn(-c2ccc(-c3ccccc3C(F)(F)F)cc2)nn1. The number of hydrogen-bond acceptors (Lipinski definition) is 3. The average Bonchev–Trinajstić information content (AvgIpc) is 3.04. The highest BCUT2D eigenvalue weighted by molar-refractivity contribution is 5.84. The van der Waals surface area contributed by atoms with Gasteiger partial charge in [-0.2, -0.15) is 13.2 Å². The van der Waals surface area contributed by atoms with Crippen LogP contribution in [0.3, 0.4) is 0 Å². The van der Waals surface area contributed by atoms with E-state index in [1.54, 1.807) is 12.1 Å². The Kier molecular flexibility index (Phi) is 3.80. The Balaban J connectivity index is 1.97. The molecule has 0 aliphatic heterocycles. The molecule has 3 aromatic rings. The van der Waals surface area contributed by atoms with Gasteiger partial charge in [-0.25, -0.2) is 9.48 Å². The first-order valence-electron chi connectivity index (χ1n) is 6.79. The molecule has 1 N–H and O–H groups in total. The van der Waals surface area contributed by atoms with Crippen LogP contribution in [0, 0.1) is 0 Å². The number of nitrogens with zero attached hydrogens (tertiary/aromatic N) is 3. The van der Waals surface area contributed by atoms with Gasteiger partial charge in [-0.1, -0.05) is 35.5 Å². The molecule has 0 fully saturated rings. The van der Waals surface area contributed by atoms with E-state index in [4.69, 9.17) is 5.11 Å². The van der Waals surface area contributed by atoms with E-state index < -0.39 is 17.7 Å². The highest BCUT2D eigenvalue weighted by Crippen LogP contribution is 2.36. The van der Waals surface area contributed by atoms with E-state index in [-0.39, 0.29) is 11.3 Å². The summed E-state index contributed by atoms with van der Waals surface area (Å²) in [6, 6.07) is 11.4. The van der Waals surface area contributed by atoms with E-state index in [2.05, 4.69) is 10.3 Å². The number of halogens is 3. The Morgan fingerprint density at radius 1 is 1.04 bits per heavy atom. The highest BCUT2D eigenvalue weighted by atomic mass is 19.4. The summed E-state index contributed by atoms with van der Waals surface area (Å²) < 4.78 is 40.5. The van der Waals surface area contributed by atoms with Gasteiger partial charge in [0.15, 0.2) is 5.69 Å². The maximum Gasteiger partial charge on any atom is 0.417 e. The molecule has 3 rings (SSSR count). The summed E-state index contributed by atoms with van der Waals surface area (Å²) in [5.74, 6) is -1.21. The second-order valence-electron chi connectivity index (χ2n) is 4.94. The molecule has 0 amide bonds. The van der Waals surface area contributed by atoms with Gasteiger partial charge in [-0.15, -0.1) is 5.10 Å². The van der Waals surface area contributed by atoms with Crippen LogP contribution in [0.25, 0.3) is 16.8 Å². The fraction of sp³-hybridized carbons (Fsp3) is 0.0625. The van der Waals surface area contributed by atoms with Crippen LogP contribution in [0.2, 0.25) is 0 Å². The maximum atomic E-state index is 13.1. The Bertz CT molecular complexity index is 886. The van der Waals surface area contributed by atoms with Crippen LogP contribution in [-0.2, 0) is 6.18 Å². The molecule has 24 heavy (non-hydrogen) atoms. The monoisotopic (exact) mass is 333 g/mol. The van der Waals surface area contributed by atoms with Gasteiger partial charge < -0.3 is 5.11 Å². The zero-order valence-corrected chi connectivity index (χ0v) is 12.0. The normalized spacial score (nSPS) is 11.5. The lowest BCUT2D eigenvalue weighted by Crippen LogP contribution is -2.06. The van der Waals surface area contributed by atoms with Gasteiger partial charge in [-0.05, 0) is 29.3 Å². The Morgan fingerprint density at radius 2 is 1.71 bits per heavy atom. The first-order chi connectivity index (χ1) is 11.4. The Morgan fingerprint density at radius 3 is 2.29 bits per heavy atom. The molecule has 0 atom stereocenters. The van der Waals surface area contributed by atoms with Crippen LogP contribution in [0.15, 0.2) is 54.7 Å². The van der Waals surface area contributed by atoms with Crippen LogP contribution < -0.4 is 0 Å². The largest absolute Gasteiger partial charge is 0.476 e. The Hall–Kier alpha value is -3.16. The summed E-state index contributed by atoms with van der Waals surface area (Å²) in [5.41, 5.74) is 0.0167. The topological polar surface area (TPSA) is 68.0 Å². The minimum absolute atomic E-state index is 0.0707. The molecule has 0 saturated carbocycles. The van der Waals surface area contributed by atoms with Gasteiger partial charge in [0.2, 0.25) is 0 Å². The third-order valence-corrected chi connectivity index (χ3v) is 3.39. The van der Waals surface area contributed by atoms with E-state index in [1.807, 2.05) is 0 Å². The van der Waals surface area contributed by atoms with Crippen molar-refractivity contribution in [2.45, 2.75) is 6.18 Å². The molecule has 0 aliphatic carbocycles. The van der Waals surface area contributed by atoms with Crippen molar-refractivity contribution < 1.29 is 23.1 Å². The van der Waals surface area contributed by atoms with Gasteiger partial charge in [0.25, 0.3) is 0 Å². The third kappa shape index (κ3) is 2.98. The van der Waals surface area contributed by atoms with Crippen molar-refractivity contribution in [3.05, 3.63) is 66.0 Å². The van der Waals surface area contributed by atoms with E-state index in [9.17, 15) is 18.0 Å². The zero-order valence-electron chi connectivity index (χ0n) is 12.0. The number of carboxylic acid groups (broad SMARTS) is 1. The summed E-state index contributed by atoms with van der Waals surface area (Å²) in [7, 11) is 0. The molecule has 0 unspecified atom stereocenters. The second kappa shape index (κ2) is 5.80. The number of carbonyl (C=O) groups is 1. The molecule has 0 bridgehead atoms. The van der Waals surface area contributed by atoms with Gasteiger partial charge in [-0.3, -0.25) is 0 Å². The lowest BCUT2D eigenvalue weighted by atomic mass is 9.99. The highest BCUT2D eigenvalue weighted by Gasteiger charge is 2.33. The molecule has 122 valence electrons. The summed E-state index contributed by atoms with van der Waals surface area (Å²) in [4.78, 5) is 10.8. The van der Waals surface area contributed by atoms with Crippen LogP contribution >= 0.6 is 0 Å². The van der Waals surface area contributed by atoms with Crippen LogP contribution in [-0.4, -0.2) is 26.1 Å². The second-order valence-corrected chi connectivity index (χ2v) is 4.94. The van der Waals surface area contributed by atoms with Crippen molar-refractivity contribution in [3.63, 3.8) is 0 Å². The van der Waals surface area contributed by atoms with Crippen molar-refractivity contribution in [1.82, 2.24) is 15.0 Å². The predicted molar refractivity (Wildman–Crippen MR) is 78.8 cm³/mol. The zero-order chi connectivity index (χ0) is 17.3. The van der Waals surface area contributed by atoms with Crippen molar-refractivity contribution in [1.29, 1.82) is 0 Å². The molecule has 1 aromatic heterocycles. The van der Waals surface area contributed by atoms with Crippen molar-refractivity contribution in [2.24, 2.45) is 0 Å². The van der Waals surface area contributed by atoms with Gasteiger partial charge in [0.05, 0.1) is 17.4 Å². The van der Waals surface area contributed by atoms with E-state index in [0.29, 0.717) is 11.3 Å². The van der Waals surface area contributed by atoms with E-state index in [0.717, 1.165) is 6.07 Å². The lowest BCUT2D eigenvalue weighted by Gasteiger charge is -2.13. The van der Waals surface area contributed by atoms with Gasteiger partial charge in [0.1, 0.15) is 0 Å². The molecule has 0 radical (unpaired) electrons. The van der Waals surface area contributed by atoms with E-state index in [1.165, 1.54) is 41.2 Å². The molecule has 5 nitrogen and oxygen atoms in total. The summed E-state index contributed by atoms with van der Waals surface area (Å²) in [6.45, 7) is 0. The molecule has 0 saturated heterocycles. The minimum atomic E-state index is -4.45. The van der Waals surface area contributed by atoms with Crippen LogP contribution in [0.4, 0.5) is 13.2 Å². The molecular weight excluding hydrogens is 323 g/mol. The van der Waals surface area contributed by atoms with Gasteiger partial charge >= 0.3 is 12.1 Å². The van der Waals surface area contributed by atoms with Gasteiger partial charge in [0, 0.05) is 0 Å². The minimum Gasteiger partial charge on any atom is -0.476 e. The smallest absolute Gasteiger partial charge is 0.417 e. The number of benzene rings is 2. The molecule has 0 aliphatic rings.